The SMILES string of the molecule is CCc1ccc(-n2cccc2/C=C(/C#N)C(=O)Nc2nc(S(C)(=O)=O)ns2)cc1. The molecular weight excluding hydrogens is 410 g/mol. The van der Waals surface area contributed by atoms with Gasteiger partial charge in [-0.2, -0.15) is 14.6 Å². The topological polar surface area (TPSA) is 118 Å². The second-order valence-corrected chi connectivity index (χ2v) is 8.76. The molecule has 3 rings (SSSR count). The highest BCUT2D eigenvalue weighted by Crippen LogP contribution is 2.19. The molecule has 29 heavy (non-hydrogen) atoms. The molecule has 0 atom stereocenters. The van der Waals surface area contributed by atoms with E-state index in [-0.39, 0.29) is 15.9 Å². The molecule has 0 unspecified atom stereocenters. The van der Waals surface area contributed by atoms with Gasteiger partial charge in [-0.1, -0.05) is 19.1 Å². The Balaban J connectivity index is 1.85. The Hall–Kier alpha value is -3.29. The Morgan fingerprint density at radius 1 is 1.31 bits per heavy atom. The molecule has 1 amide bonds. The van der Waals surface area contributed by atoms with Crippen LogP contribution in [0, 0.1) is 11.3 Å². The number of benzene rings is 1. The zero-order chi connectivity index (χ0) is 21.0. The lowest BCUT2D eigenvalue weighted by Gasteiger charge is -2.08. The van der Waals surface area contributed by atoms with E-state index in [1.807, 2.05) is 47.2 Å². The number of hydrogen-bond acceptors (Lipinski definition) is 7. The fraction of sp³-hybridized carbons (Fsp3) is 0.158. The number of aryl methyl sites for hydroxylation is 1. The lowest BCUT2D eigenvalue weighted by atomic mass is 10.1. The molecule has 2 aromatic heterocycles. The predicted octanol–water partition coefficient (Wildman–Crippen LogP) is 2.84. The second kappa shape index (κ2) is 8.38. The monoisotopic (exact) mass is 427 g/mol. The number of nitrogens with one attached hydrogen (secondary N) is 1. The number of carbonyl (C=O) groups excluding carboxylic acids is 1. The third kappa shape index (κ3) is 4.77. The van der Waals surface area contributed by atoms with Crippen molar-refractivity contribution >= 4 is 38.5 Å². The van der Waals surface area contributed by atoms with Crippen LogP contribution in [0.1, 0.15) is 18.2 Å². The number of nitriles is 1. The fourth-order valence-electron chi connectivity index (χ4n) is 2.51. The van der Waals surface area contributed by atoms with Crippen molar-refractivity contribution in [2.45, 2.75) is 18.5 Å². The maximum Gasteiger partial charge on any atom is 0.268 e. The minimum Gasteiger partial charge on any atom is -0.317 e. The van der Waals surface area contributed by atoms with Gasteiger partial charge in [-0.05, 0) is 42.3 Å². The van der Waals surface area contributed by atoms with Gasteiger partial charge < -0.3 is 4.57 Å². The van der Waals surface area contributed by atoms with Crippen molar-refractivity contribution in [3.8, 4) is 11.8 Å². The maximum atomic E-state index is 12.4. The van der Waals surface area contributed by atoms with Crippen LogP contribution in [0.5, 0.6) is 0 Å². The number of carbonyl (C=O) groups is 1. The molecule has 0 radical (unpaired) electrons. The number of sulfone groups is 1. The smallest absolute Gasteiger partial charge is 0.268 e. The summed E-state index contributed by atoms with van der Waals surface area (Å²) < 4.78 is 28.4. The van der Waals surface area contributed by atoms with E-state index in [2.05, 4.69) is 21.6 Å². The van der Waals surface area contributed by atoms with Gasteiger partial charge >= 0.3 is 0 Å². The molecule has 0 saturated heterocycles. The first kappa shape index (κ1) is 20.4. The van der Waals surface area contributed by atoms with E-state index >= 15 is 0 Å². The first-order valence-electron chi connectivity index (χ1n) is 8.55. The van der Waals surface area contributed by atoms with Crippen LogP contribution in [-0.2, 0) is 21.1 Å². The predicted molar refractivity (Wildman–Crippen MR) is 110 cm³/mol. The molecular formula is C19H17N5O3S2. The number of aromatic nitrogens is 3. The van der Waals surface area contributed by atoms with E-state index in [9.17, 15) is 18.5 Å². The lowest BCUT2D eigenvalue weighted by molar-refractivity contribution is -0.112. The Morgan fingerprint density at radius 3 is 2.62 bits per heavy atom. The van der Waals surface area contributed by atoms with E-state index in [0.29, 0.717) is 5.69 Å². The average Bonchev–Trinajstić information content (AvgIpc) is 3.35. The highest BCUT2D eigenvalue weighted by molar-refractivity contribution is 7.90. The highest BCUT2D eigenvalue weighted by atomic mass is 32.2. The summed E-state index contributed by atoms with van der Waals surface area (Å²) in [5.74, 6) is -0.696. The summed E-state index contributed by atoms with van der Waals surface area (Å²) in [6, 6.07) is 13.4. The summed E-state index contributed by atoms with van der Waals surface area (Å²) in [4.78, 5) is 16.2. The summed E-state index contributed by atoms with van der Waals surface area (Å²) >= 11 is 0.730. The van der Waals surface area contributed by atoms with E-state index in [1.165, 1.54) is 11.6 Å². The summed E-state index contributed by atoms with van der Waals surface area (Å²) in [6.45, 7) is 2.08. The van der Waals surface area contributed by atoms with Gasteiger partial charge in [0.15, 0.2) is 0 Å². The molecule has 0 spiro atoms. The Bertz CT molecular complexity index is 1220. The van der Waals surface area contributed by atoms with Crippen molar-refractivity contribution in [2.24, 2.45) is 0 Å². The lowest BCUT2D eigenvalue weighted by Crippen LogP contribution is -2.13. The minimum absolute atomic E-state index is 0.00196. The van der Waals surface area contributed by atoms with Crippen LogP contribution in [0.2, 0.25) is 0 Å². The largest absolute Gasteiger partial charge is 0.317 e. The first-order valence-corrected chi connectivity index (χ1v) is 11.2. The zero-order valence-corrected chi connectivity index (χ0v) is 17.3. The molecule has 0 aliphatic rings. The molecule has 1 aromatic carbocycles. The van der Waals surface area contributed by atoms with E-state index < -0.39 is 15.7 Å². The standard InChI is InChI=1S/C19H17N5O3S2/c1-3-13-6-8-15(9-7-13)24-10-4-5-16(24)11-14(12-20)17(25)21-18-22-19(23-28-18)29(2,26)27/h4-11H,3H2,1-2H3,(H,21,22,23,25)/b14-11-. The van der Waals surface area contributed by atoms with Gasteiger partial charge in [0.25, 0.3) is 11.1 Å². The number of anilines is 1. The highest BCUT2D eigenvalue weighted by Gasteiger charge is 2.18. The van der Waals surface area contributed by atoms with Crippen LogP contribution in [0.3, 0.4) is 0 Å². The van der Waals surface area contributed by atoms with Crippen LogP contribution in [0.15, 0.2) is 53.3 Å². The van der Waals surface area contributed by atoms with Gasteiger partial charge in [-0.15, -0.1) is 0 Å². The van der Waals surface area contributed by atoms with Gasteiger partial charge in [0, 0.05) is 35.4 Å². The molecule has 148 valence electrons. The van der Waals surface area contributed by atoms with E-state index in [1.54, 1.807) is 6.07 Å². The van der Waals surface area contributed by atoms with Crippen LogP contribution in [-0.4, -0.2) is 34.5 Å². The van der Waals surface area contributed by atoms with E-state index in [4.69, 9.17) is 0 Å². The third-order valence-electron chi connectivity index (χ3n) is 4.02. The van der Waals surface area contributed by atoms with Gasteiger partial charge in [0.1, 0.15) is 11.6 Å². The minimum atomic E-state index is -3.57. The van der Waals surface area contributed by atoms with Crippen LogP contribution >= 0.6 is 11.5 Å². The van der Waals surface area contributed by atoms with Gasteiger partial charge in [0.05, 0.1) is 0 Å². The van der Waals surface area contributed by atoms with E-state index in [0.717, 1.165) is 29.9 Å². The van der Waals surface area contributed by atoms with Crippen molar-refractivity contribution in [3.05, 3.63) is 59.4 Å². The zero-order valence-electron chi connectivity index (χ0n) is 15.7. The first-order chi connectivity index (χ1) is 13.8. The molecule has 0 aliphatic carbocycles. The summed E-state index contributed by atoms with van der Waals surface area (Å²) in [7, 11) is -3.57. The second-order valence-electron chi connectivity index (χ2n) is 6.10. The van der Waals surface area contributed by atoms with Crippen LogP contribution in [0.25, 0.3) is 11.8 Å². The Morgan fingerprint density at radius 2 is 2.03 bits per heavy atom. The fourth-order valence-corrected chi connectivity index (χ4v) is 3.95. The number of nitrogens with zero attached hydrogens (tertiary/aromatic N) is 4. The van der Waals surface area contributed by atoms with Crippen molar-refractivity contribution in [2.75, 3.05) is 11.6 Å². The number of hydrogen-bond donors (Lipinski definition) is 1. The molecule has 0 saturated carbocycles. The van der Waals surface area contributed by atoms with Crippen LogP contribution in [0.4, 0.5) is 5.13 Å². The quantitative estimate of drug-likeness (QED) is 0.477. The molecule has 0 fully saturated rings. The summed E-state index contributed by atoms with van der Waals surface area (Å²) in [6.07, 6.45) is 5.21. The van der Waals surface area contributed by atoms with Crippen LogP contribution < -0.4 is 5.32 Å². The summed E-state index contributed by atoms with van der Waals surface area (Å²) in [5, 5.41) is 11.5. The number of amides is 1. The maximum absolute atomic E-state index is 12.4. The van der Waals surface area contributed by atoms with Gasteiger partial charge in [-0.25, -0.2) is 8.42 Å². The molecule has 0 bridgehead atoms. The molecule has 1 N–H and O–H groups in total. The Kier molecular flexibility index (Phi) is 5.91. The van der Waals surface area contributed by atoms with Gasteiger partial charge in [-0.3, -0.25) is 10.1 Å². The molecule has 0 aliphatic heterocycles. The Labute approximate surface area is 172 Å². The molecule has 10 heteroatoms. The molecule has 3 aromatic rings. The van der Waals surface area contributed by atoms with Crippen molar-refractivity contribution in [1.29, 1.82) is 5.26 Å². The summed E-state index contributed by atoms with van der Waals surface area (Å²) in [5.41, 5.74) is 2.61. The van der Waals surface area contributed by atoms with Crippen molar-refractivity contribution < 1.29 is 13.2 Å². The molecule has 8 nitrogen and oxygen atoms in total. The van der Waals surface area contributed by atoms with Gasteiger partial charge in [0.2, 0.25) is 15.0 Å². The number of rotatable bonds is 6. The third-order valence-corrected chi connectivity index (χ3v) is 5.61. The van der Waals surface area contributed by atoms with Crippen molar-refractivity contribution in [1.82, 2.24) is 13.9 Å². The van der Waals surface area contributed by atoms with Crippen molar-refractivity contribution in [3.63, 3.8) is 0 Å². The normalized spacial score (nSPS) is 11.8. The average molecular weight is 428 g/mol. The molecule has 2 heterocycles.